The smallest absolute Gasteiger partial charge is 0.269 e. The second-order valence-corrected chi connectivity index (χ2v) is 8.46. The molecule has 7 nitrogen and oxygen atoms in total. The van der Waals surface area contributed by atoms with Gasteiger partial charge in [0.25, 0.3) is 5.56 Å². The average molecular weight is 447 g/mol. The van der Waals surface area contributed by atoms with Crippen molar-refractivity contribution >= 4 is 22.1 Å². The molecule has 1 aliphatic carbocycles. The highest BCUT2D eigenvalue weighted by Gasteiger charge is 2.24. The number of nitrogens with zero attached hydrogens (tertiary/aromatic N) is 2. The van der Waals surface area contributed by atoms with Crippen LogP contribution in [-0.2, 0) is 0 Å². The predicted octanol–water partition coefficient (Wildman–Crippen LogP) is 5.08. The van der Waals surface area contributed by atoms with E-state index < -0.39 is 0 Å². The average Bonchev–Trinajstić information content (AvgIpc) is 3.13. The largest absolute Gasteiger partial charge is 0.497 e. The lowest BCUT2D eigenvalue weighted by Crippen LogP contribution is -2.30. The number of fused-ring (bicyclic) bond motifs is 2. The minimum Gasteiger partial charge on any atom is -0.497 e. The van der Waals surface area contributed by atoms with Gasteiger partial charge >= 0.3 is 0 Å². The van der Waals surface area contributed by atoms with Gasteiger partial charge in [0.2, 0.25) is 11.1 Å². The summed E-state index contributed by atoms with van der Waals surface area (Å²) < 4.78 is 18.3. The van der Waals surface area contributed by atoms with Gasteiger partial charge in [-0.25, -0.2) is 0 Å². The summed E-state index contributed by atoms with van der Waals surface area (Å²) in [7, 11) is 3.16. The highest BCUT2D eigenvalue weighted by Crippen LogP contribution is 2.31. The maximum absolute atomic E-state index is 13.9. The first-order valence-electron chi connectivity index (χ1n) is 11.3. The number of aromatic nitrogens is 2. The Labute approximate surface area is 190 Å². The molecule has 0 aliphatic heterocycles. The van der Waals surface area contributed by atoms with E-state index in [2.05, 4.69) is 0 Å². The number of hydrogen-bond donors (Lipinski definition) is 0. The second-order valence-electron chi connectivity index (χ2n) is 8.46. The normalized spacial score (nSPS) is 15.0. The molecule has 1 saturated carbocycles. The highest BCUT2D eigenvalue weighted by atomic mass is 16.5. The molecule has 0 radical (unpaired) electrons. The Kier molecular flexibility index (Phi) is 5.62. The molecule has 170 valence electrons. The van der Waals surface area contributed by atoms with E-state index in [0.29, 0.717) is 28.3 Å². The van der Waals surface area contributed by atoms with Crippen molar-refractivity contribution in [2.45, 2.75) is 44.6 Å². The van der Waals surface area contributed by atoms with Gasteiger partial charge < -0.3 is 13.9 Å². The summed E-state index contributed by atoms with van der Waals surface area (Å²) in [6, 6.07) is 12.4. The molecule has 0 atom stereocenters. The summed E-state index contributed by atoms with van der Waals surface area (Å²) in [5.74, 6) is 1.78. The third kappa shape index (κ3) is 3.77. The number of rotatable bonds is 4. The lowest BCUT2D eigenvalue weighted by Gasteiger charge is -2.22. The molecule has 4 aromatic rings. The van der Waals surface area contributed by atoms with Crippen molar-refractivity contribution in [3.05, 3.63) is 63.0 Å². The van der Waals surface area contributed by atoms with Crippen LogP contribution in [-0.4, -0.2) is 23.8 Å². The van der Waals surface area contributed by atoms with E-state index in [1.54, 1.807) is 37.0 Å². The molecule has 0 amide bonds. The van der Waals surface area contributed by atoms with Gasteiger partial charge in [-0.2, -0.15) is 4.98 Å². The lowest BCUT2D eigenvalue weighted by atomic mass is 10.1. The van der Waals surface area contributed by atoms with Crippen molar-refractivity contribution in [3.8, 4) is 22.9 Å². The topological polar surface area (TPSA) is 83.6 Å². The molecule has 5 rings (SSSR count). The third-order valence-corrected chi connectivity index (χ3v) is 6.49. The SMILES string of the molecule is COc1ccc(-c2nc3oc4cc(OC)ccc4c(=O)c3c(=O)n2C2CCCCCC2)cc1. The van der Waals surface area contributed by atoms with Crippen LogP contribution in [0.15, 0.2) is 56.5 Å². The van der Waals surface area contributed by atoms with Gasteiger partial charge in [0.05, 0.1) is 19.6 Å². The molecular formula is C26H26N2O5. The van der Waals surface area contributed by atoms with E-state index in [0.717, 1.165) is 44.1 Å². The van der Waals surface area contributed by atoms with Gasteiger partial charge in [-0.15, -0.1) is 0 Å². The molecule has 0 unspecified atom stereocenters. The molecule has 0 saturated heterocycles. The van der Waals surface area contributed by atoms with Crippen molar-refractivity contribution in [3.63, 3.8) is 0 Å². The molecule has 1 aliphatic rings. The summed E-state index contributed by atoms with van der Waals surface area (Å²) in [6.45, 7) is 0. The molecule has 33 heavy (non-hydrogen) atoms. The van der Waals surface area contributed by atoms with Crippen LogP contribution in [0.2, 0.25) is 0 Å². The zero-order valence-electron chi connectivity index (χ0n) is 18.8. The summed E-state index contributed by atoms with van der Waals surface area (Å²) in [5, 5.41) is 0.334. The van der Waals surface area contributed by atoms with E-state index in [9.17, 15) is 9.59 Å². The zero-order valence-corrected chi connectivity index (χ0v) is 18.8. The minimum atomic E-state index is -0.366. The van der Waals surface area contributed by atoms with E-state index >= 15 is 0 Å². The fraction of sp³-hybridized carbons (Fsp3) is 0.346. The van der Waals surface area contributed by atoms with Crippen LogP contribution < -0.4 is 20.5 Å². The molecule has 0 N–H and O–H groups in total. The molecule has 7 heteroatoms. The Balaban J connectivity index is 1.83. The Bertz CT molecular complexity index is 1430. The number of methoxy groups -OCH3 is 2. The predicted molar refractivity (Wildman–Crippen MR) is 127 cm³/mol. The quantitative estimate of drug-likeness (QED) is 0.321. The highest BCUT2D eigenvalue weighted by molar-refractivity contribution is 5.89. The maximum Gasteiger partial charge on any atom is 0.269 e. The first-order chi connectivity index (χ1) is 16.1. The summed E-state index contributed by atoms with van der Waals surface area (Å²) in [5.41, 5.74) is 0.444. The molecule has 0 spiro atoms. The van der Waals surface area contributed by atoms with E-state index in [1.165, 1.54) is 0 Å². The van der Waals surface area contributed by atoms with Crippen LogP contribution in [0.4, 0.5) is 0 Å². The summed E-state index contributed by atoms with van der Waals surface area (Å²) in [6.07, 6.45) is 6.16. The first-order valence-corrected chi connectivity index (χ1v) is 11.3. The Morgan fingerprint density at radius 3 is 2.24 bits per heavy atom. The molecule has 1 fully saturated rings. The van der Waals surface area contributed by atoms with Gasteiger partial charge in [0.1, 0.15) is 22.9 Å². The minimum absolute atomic E-state index is 0.00539. The lowest BCUT2D eigenvalue weighted by molar-refractivity contribution is 0.414. The molecule has 2 aromatic heterocycles. The van der Waals surface area contributed by atoms with Gasteiger partial charge in [0, 0.05) is 17.7 Å². The van der Waals surface area contributed by atoms with Gasteiger partial charge in [-0.3, -0.25) is 14.2 Å². The number of benzene rings is 2. The molecule has 2 heterocycles. The van der Waals surface area contributed by atoms with Crippen LogP contribution in [0.25, 0.3) is 33.5 Å². The van der Waals surface area contributed by atoms with Crippen molar-refractivity contribution in [1.82, 2.24) is 9.55 Å². The van der Waals surface area contributed by atoms with Crippen LogP contribution >= 0.6 is 0 Å². The van der Waals surface area contributed by atoms with Gasteiger partial charge in [0.15, 0.2) is 5.39 Å². The third-order valence-electron chi connectivity index (χ3n) is 6.49. The standard InChI is InChI=1S/C26H26N2O5/c1-31-18-11-9-16(10-12-18)24-27-25-22(26(30)28(24)17-7-5-3-4-6-8-17)23(29)20-14-13-19(32-2)15-21(20)33-25/h9-15,17H,3-8H2,1-2H3. The zero-order chi connectivity index (χ0) is 22.9. The van der Waals surface area contributed by atoms with Crippen molar-refractivity contribution in [2.24, 2.45) is 0 Å². The fourth-order valence-electron chi connectivity index (χ4n) is 4.72. The van der Waals surface area contributed by atoms with Crippen LogP contribution in [0.3, 0.4) is 0 Å². The van der Waals surface area contributed by atoms with Crippen molar-refractivity contribution in [2.75, 3.05) is 14.2 Å². The molecular weight excluding hydrogens is 420 g/mol. The van der Waals surface area contributed by atoms with Crippen LogP contribution in [0, 0.1) is 0 Å². The van der Waals surface area contributed by atoms with E-state index in [4.69, 9.17) is 18.9 Å². The van der Waals surface area contributed by atoms with Crippen LogP contribution in [0.5, 0.6) is 11.5 Å². The fourth-order valence-corrected chi connectivity index (χ4v) is 4.72. The van der Waals surface area contributed by atoms with Crippen molar-refractivity contribution < 1.29 is 13.9 Å². The molecule has 0 bridgehead atoms. The second kappa shape index (κ2) is 8.73. The Morgan fingerprint density at radius 1 is 0.909 bits per heavy atom. The summed E-state index contributed by atoms with van der Waals surface area (Å²) in [4.78, 5) is 32.0. The Morgan fingerprint density at radius 2 is 1.58 bits per heavy atom. The Hall–Kier alpha value is -3.61. The first kappa shape index (κ1) is 21.2. The van der Waals surface area contributed by atoms with Gasteiger partial charge in [-0.05, 0) is 49.2 Å². The summed E-state index contributed by atoms with van der Waals surface area (Å²) >= 11 is 0. The maximum atomic E-state index is 13.9. The number of hydrogen-bond acceptors (Lipinski definition) is 6. The van der Waals surface area contributed by atoms with Gasteiger partial charge in [-0.1, -0.05) is 25.7 Å². The number of ether oxygens (including phenoxy) is 2. The van der Waals surface area contributed by atoms with Crippen LogP contribution in [0.1, 0.15) is 44.6 Å². The van der Waals surface area contributed by atoms with Crippen molar-refractivity contribution in [1.29, 1.82) is 0 Å². The van der Waals surface area contributed by atoms with E-state index in [1.807, 2.05) is 24.3 Å². The molecule has 2 aromatic carbocycles. The van der Waals surface area contributed by atoms with E-state index in [-0.39, 0.29) is 28.1 Å². The monoisotopic (exact) mass is 446 g/mol.